The number of amidine groups is 1. The molecular formula is C14H15BrN4. The van der Waals surface area contributed by atoms with Crippen LogP contribution >= 0.6 is 15.9 Å². The number of hydrogen-bond donors (Lipinski definition) is 2. The van der Waals surface area contributed by atoms with Gasteiger partial charge < -0.3 is 10.6 Å². The van der Waals surface area contributed by atoms with Crippen LogP contribution < -0.4 is 10.6 Å². The zero-order valence-corrected chi connectivity index (χ0v) is 12.2. The van der Waals surface area contributed by atoms with Crippen LogP contribution in [0.25, 0.3) is 0 Å². The van der Waals surface area contributed by atoms with E-state index in [1.54, 1.807) is 12.3 Å². The van der Waals surface area contributed by atoms with E-state index in [2.05, 4.69) is 33.0 Å². The van der Waals surface area contributed by atoms with Crippen LogP contribution in [-0.4, -0.2) is 17.9 Å². The quantitative estimate of drug-likeness (QED) is 0.673. The number of nitrogens with one attached hydrogen (secondary N) is 1. The minimum absolute atomic E-state index is 0.0317. The maximum Gasteiger partial charge on any atom is 0.139 e. The molecule has 0 saturated heterocycles. The topological polar surface area (TPSA) is 66.0 Å². The molecule has 0 aliphatic carbocycles. The minimum Gasteiger partial charge on any atom is -0.384 e. The Kier molecular flexibility index (Phi) is 4.16. The molecule has 2 rings (SSSR count). The van der Waals surface area contributed by atoms with Crippen molar-refractivity contribution in [2.24, 2.45) is 5.73 Å². The second-order valence-electron chi connectivity index (χ2n) is 4.27. The molecule has 0 aliphatic heterocycles. The van der Waals surface area contributed by atoms with Crippen LogP contribution in [0.1, 0.15) is 11.1 Å². The Labute approximate surface area is 120 Å². The molecule has 0 amide bonds. The number of hydrogen-bond acceptors (Lipinski definition) is 3. The molecule has 1 aromatic heterocycles. The van der Waals surface area contributed by atoms with Gasteiger partial charge >= 0.3 is 0 Å². The number of nitrogen functional groups attached to an aromatic ring is 1. The molecule has 19 heavy (non-hydrogen) atoms. The summed E-state index contributed by atoms with van der Waals surface area (Å²) in [7, 11) is 1.94. The Morgan fingerprint density at radius 1 is 1.37 bits per heavy atom. The second kappa shape index (κ2) is 5.84. The lowest BCUT2D eigenvalue weighted by atomic mass is 10.2. The lowest BCUT2D eigenvalue weighted by molar-refractivity contribution is 0.895. The highest BCUT2D eigenvalue weighted by molar-refractivity contribution is 9.10. The molecule has 0 fully saturated rings. The minimum atomic E-state index is 0.0317. The normalized spacial score (nSPS) is 10.2. The summed E-state index contributed by atoms with van der Waals surface area (Å²) in [5.74, 6) is 0.749. The summed E-state index contributed by atoms with van der Waals surface area (Å²) in [6.07, 6.45) is 1.71. The molecule has 0 aliphatic rings. The number of aromatic nitrogens is 1. The van der Waals surface area contributed by atoms with Crippen LogP contribution in [0.3, 0.4) is 0 Å². The van der Waals surface area contributed by atoms with Crippen LogP contribution in [0.15, 0.2) is 47.1 Å². The van der Waals surface area contributed by atoms with E-state index in [1.165, 1.54) is 0 Å². The van der Waals surface area contributed by atoms with Gasteiger partial charge in [0.15, 0.2) is 0 Å². The predicted octanol–water partition coefficient (Wildman–Crippen LogP) is 2.76. The largest absolute Gasteiger partial charge is 0.384 e. The van der Waals surface area contributed by atoms with Gasteiger partial charge in [0.05, 0.1) is 5.56 Å². The highest BCUT2D eigenvalue weighted by Gasteiger charge is 2.11. The highest BCUT2D eigenvalue weighted by Crippen LogP contribution is 2.19. The average Bonchev–Trinajstić information content (AvgIpc) is 2.38. The summed E-state index contributed by atoms with van der Waals surface area (Å²) in [6, 6.07) is 11.7. The average molecular weight is 319 g/mol. The molecule has 0 radical (unpaired) electrons. The van der Waals surface area contributed by atoms with Crippen LogP contribution in [0.2, 0.25) is 0 Å². The van der Waals surface area contributed by atoms with Gasteiger partial charge in [-0.05, 0) is 29.8 Å². The Morgan fingerprint density at radius 2 is 2.16 bits per heavy atom. The van der Waals surface area contributed by atoms with E-state index in [-0.39, 0.29) is 5.84 Å². The van der Waals surface area contributed by atoms with E-state index in [4.69, 9.17) is 11.1 Å². The van der Waals surface area contributed by atoms with Gasteiger partial charge in [-0.25, -0.2) is 4.98 Å². The molecule has 1 aromatic carbocycles. The molecule has 0 unspecified atom stereocenters. The van der Waals surface area contributed by atoms with Crippen molar-refractivity contribution in [2.45, 2.75) is 6.54 Å². The zero-order chi connectivity index (χ0) is 13.8. The van der Waals surface area contributed by atoms with Gasteiger partial charge in [-0.3, -0.25) is 5.41 Å². The number of pyridine rings is 1. The molecule has 0 atom stereocenters. The van der Waals surface area contributed by atoms with Gasteiger partial charge in [-0.1, -0.05) is 28.1 Å². The van der Waals surface area contributed by atoms with Crippen LogP contribution in [0.5, 0.6) is 0 Å². The van der Waals surface area contributed by atoms with Gasteiger partial charge in [0.2, 0.25) is 0 Å². The van der Waals surface area contributed by atoms with Crippen molar-refractivity contribution in [3.8, 4) is 0 Å². The fourth-order valence-corrected chi connectivity index (χ4v) is 2.34. The third kappa shape index (κ3) is 3.32. The molecule has 0 spiro atoms. The number of rotatable bonds is 4. The lowest BCUT2D eigenvalue weighted by Crippen LogP contribution is -2.23. The Balaban J connectivity index is 2.25. The van der Waals surface area contributed by atoms with Gasteiger partial charge in [0.1, 0.15) is 11.7 Å². The van der Waals surface area contributed by atoms with Crippen molar-refractivity contribution in [1.82, 2.24) is 4.98 Å². The molecule has 0 saturated carbocycles. The summed E-state index contributed by atoms with van der Waals surface area (Å²) in [5, 5.41) is 7.59. The summed E-state index contributed by atoms with van der Waals surface area (Å²) in [5.41, 5.74) is 7.40. The SMILES string of the molecule is CN(Cc1cccc(Br)c1)c1ncccc1C(=N)N. The maximum atomic E-state index is 7.59. The molecule has 0 bridgehead atoms. The van der Waals surface area contributed by atoms with E-state index in [0.29, 0.717) is 12.1 Å². The van der Waals surface area contributed by atoms with E-state index < -0.39 is 0 Å². The second-order valence-corrected chi connectivity index (χ2v) is 5.19. The van der Waals surface area contributed by atoms with Crippen molar-refractivity contribution < 1.29 is 0 Å². The van der Waals surface area contributed by atoms with E-state index in [0.717, 1.165) is 15.9 Å². The van der Waals surface area contributed by atoms with Crippen LogP contribution in [0, 0.1) is 5.41 Å². The smallest absolute Gasteiger partial charge is 0.139 e. The zero-order valence-electron chi connectivity index (χ0n) is 10.6. The highest BCUT2D eigenvalue weighted by atomic mass is 79.9. The van der Waals surface area contributed by atoms with Crippen molar-refractivity contribution in [3.63, 3.8) is 0 Å². The van der Waals surface area contributed by atoms with Crippen molar-refractivity contribution in [3.05, 3.63) is 58.2 Å². The summed E-state index contributed by atoms with van der Waals surface area (Å²) >= 11 is 3.46. The molecule has 5 heteroatoms. The summed E-state index contributed by atoms with van der Waals surface area (Å²) in [6.45, 7) is 0.705. The molecule has 98 valence electrons. The molecule has 4 nitrogen and oxygen atoms in total. The van der Waals surface area contributed by atoms with E-state index in [9.17, 15) is 0 Å². The molecule has 1 heterocycles. The summed E-state index contributed by atoms with van der Waals surface area (Å²) in [4.78, 5) is 6.30. The summed E-state index contributed by atoms with van der Waals surface area (Å²) < 4.78 is 1.05. The first kappa shape index (κ1) is 13.5. The van der Waals surface area contributed by atoms with E-state index >= 15 is 0 Å². The first-order chi connectivity index (χ1) is 9.08. The van der Waals surface area contributed by atoms with Gasteiger partial charge in [0, 0.05) is 24.3 Å². The maximum absolute atomic E-state index is 7.59. The molecule has 2 aromatic rings. The molecule has 3 N–H and O–H groups in total. The van der Waals surface area contributed by atoms with E-state index in [1.807, 2.05) is 30.1 Å². The monoisotopic (exact) mass is 318 g/mol. The lowest BCUT2D eigenvalue weighted by Gasteiger charge is -2.20. The fraction of sp³-hybridized carbons (Fsp3) is 0.143. The molecular weight excluding hydrogens is 304 g/mol. The predicted molar refractivity (Wildman–Crippen MR) is 81.5 cm³/mol. The van der Waals surface area contributed by atoms with Gasteiger partial charge in [-0.15, -0.1) is 0 Å². The Hall–Kier alpha value is -1.88. The standard InChI is InChI=1S/C14H15BrN4/c1-19(9-10-4-2-5-11(15)8-10)14-12(13(16)17)6-3-7-18-14/h2-8H,9H2,1H3,(H3,16,17). The number of nitrogens with two attached hydrogens (primary N) is 1. The van der Waals surface area contributed by atoms with Crippen molar-refractivity contribution in [2.75, 3.05) is 11.9 Å². The fourth-order valence-electron chi connectivity index (χ4n) is 1.90. The van der Waals surface area contributed by atoms with Gasteiger partial charge in [0.25, 0.3) is 0 Å². The van der Waals surface area contributed by atoms with Crippen molar-refractivity contribution >= 4 is 27.6 Å². The first-order valence-electron chi connectivity index (χ1n) is 5.83. The first-order valence-corrected chi connectivity index (χ1v) is 6.62. The number of anilines is 1. The van der Waals surface area contributed by atoms with Crippen LogP contribution in [-0.2, 0) is 6.54 Å². The third-order valence-electron chi connectivity index (χ3n) is 2.75. The van der Waals surface area contributed by atoms with Crippen LogP contribution in [0.4, 0.5) is 5.82 Å². The Bertz CT molecular complexity index is 598. The van der Waals surface area contributed by atoms with Crippen molar-refractivity contribution in [1.29, 1.82) is 5.41 Å². The Morgan fingerprint density at radius 3 is 2.84 bits per heavy atom. The number of benzene rings is 1. The number of nitrogens with zero attached hydrogens (tertiary/aromatic N) is 2. The van der Waals surface area contributed by atoms with Gasteiger partial charge in [-0.2, -0.15) is 0 Å². The third-order valence-corrected chi connectivity index (χ3v) is 3.24. The number of halogens is 1.